The molecular weight excluding hydrogens is 257 g/mol. The van der Waals surface area contributed by atoms with Crippen molar-refractivity contribution in [2.75, 3.05) is 0 Å². The highest BCUT2D eigenvalue weighted by atomic mass is 32.2. The first-order valence-corrected chi connectivity index (χ1v) is 7.95. The summed E-state index contributed by atoms with van der Waals surface area (Å²) in [6.07, 6.45) is 5.50. The summed E-state index contributed by atoms with van der Waals surface area (Å²) in [4.78, 5) is 0. The van der Waals surface area contributed by atoms with Crippen molar-refractivity contribution in [1.29, 1.82) is 5.41 Å². The van der Waals surface area contributed by atoms with Gasteiger partial charge in [0.2, 0.25) is 5.50 Å². The van der Waals surface area contributed by atoms with Crippen molar-refractivity contribution in [3.8, 4) is 0 Å². The molecule has 4 aliphatic rings. The highest BCUT2D eigenvalue weighted by Gasteiger charge is 2.54. The Bertz CT molecular complexity index is 452. The first-order valence-electron chi connectivity index (χ1n) is 6.48. The molecule has 0 aliphatic heterocycles. The Morgan fingerprint density at radius 1 is 1.17 bits per heavy atom. The van der Waals surface area contributed by atoms with Crippen molar-refractivity contribution in [3.63, 3.8) is 0 Å². The molecule has 0 radical (unpaired) electrons. The van der Waals surface area contributed by atoms with Gasteiger partial charge in [0.1, 0.15) is 10.1 Å². The van der Waals surface area contributed by atoms with E-state index in [1.165, 1.54) is 0 Å². The fourth-order valence-electron chi connectivity index (χ4n) is 4.83. The van der Waals surface area contributed by atoms with Gasteiger partial charge in [-0.3, -0.25) is 0 Å². The standard InChI is InChI=1S/C12H18FNO3S/c13-11(18(15,16)17)10(14)12-4-7-1-8(5-12)3-9(2-7)6-12/h7-9,11,14H,1-6H2,(H,15,16,17)/p-1. The monoisotopic (exact) mass is 274 g/mol. The highest BCUT2D eigenvalue weighted by molar-refractivity contribution is 7.87. The minimum Gasteiger partial charge on any atom is -0.745 e. The van der Waals surface area contributed by atoms with Gasteiger partial charge in [0.05, 0.1) is 5.71 Å². The van der Waals surface area contributed by atoms with Crippen molar-refractivity contribution in [2.45, 2.75) is 44.0 Å². The van der Waals surface area contributed by atoms with Crippen molar-refractivity contribution < 1.29 is 17.4 Å². The van der Waals surface area contributed by atoms with Crippen LogP contribution in [0.2, 0.25) is 0 Å². The van der Waals surface area contributed by atoms with E-state index in [1.54, 1.807) is 0 Å². The molecule has 102 valence electrons. The number of hydrogen-bond donors (Lipinski definition) is 1. The Labute approximate surface area is 106 Å². The highest BCUT2D eigenvalue weighted by Crippen LogP contribution is 2.60. The molecule has 0 saturated heterocycles. The Kier molecular flexibility index (Phi) is 2.62. The third kappa shape index (κ3) is 1.81. The molecule has 4 rings (SSSR count). The number of nitrogens with one attached hydrogen (secondary N) is 1. The van der Waals surface area contributed by atoms with Gasteiger partial charge in [0.25, 0.3) is 0 Å². The minimum atomic E-state index is -5.04. The lowest BCUT2D eigenvalue weighted by atomic mass is 9.48. The average Bonchev–Trinajstić information content (AvgIpc) is 2.23. The topological polar surface area (TPSA) is 81.0 Å². The number of alkyl halides is 1. The van der Waals surface area contributed by atoms with Gasteiger partial charge < -0.3 is 9.96 Å². The van der Waals surface area contributed by atoms with E-state index in [2.05, 4.69) is 0 Å². The van der Waals surface area contributed by atoms with E-state index in [4.69, 9.17) is 5.41 Å². The molecule has 4 saturated carbocycles. The second-order valence-corrected chi connectivity index (χ2v) is 7.82. The lowest BCUT2D eigenvalue weighted by Gasteiger charge is -2.57. The molecule has 0 spiro atoms. The van der Waals surface area contributed by atoms with Crippen molar-refractivity contribution in [2.24, 2.45) is 23.2 Å². The maximum atomic E-state index is 13.7. The molecule has 1 N–H and O–H groups in total. The van der Waals surface area contributed by atoms with E-state index in [-0.39, 0.29) is 0 Å². The molecule has 4 nitrogen and oxygen atoms in total. The fourth-order valence-corrected chi connectivity index (χ4v) is 5.36. The first kappa shape index (κ1) is 12.5. The van der Waals surface area contributed by atoms with Gasteiger partial charge in [-0.1, -0.05) is 0 Å². The minimum absolute atomic E-state index is 0.461. The van der Waals surface area contributed by atoms with Crippen LogP contribution >= 0.6 is 0 Å². The average molecular weight is 274 g/mol. The maximum Gasteiger partial charge on any atom is 0.226 e. The fraction of sp³-hybridized carbons (Fsp3) is 0.917. The van der Waals surface area contributed by atoms with Crippen molar-refractivity contribution in [1.82, 2.24) is 0 Å². The quantitative estimate of drug-likeness (QED) is 0.631. The van der Waals surface area contributed by atoms with Crippen molar-refractivity contribution in [3.05, 3.63) is 0 Å². The van der Waals surface area contributed by atoms with Crippen LogP contribution in [-0.4, -0.2) is 24.2 Å². The number of hydrogen-bond acceptors (Lipinski definition) is 4. The van der Waals surface area contributed by atoms with E-state index in [0.717, 1.165) is 19.3 Å². The summed E-state index contributed by atoms with van der Waals surface area (Å²) >= 11 is 0. The van der Waals surface area contributed by atoms with Crippen LogP contribution in [-0.2, 0) is 10.1 Å². The zero-order chi connectivity index (χ0) is 13.1. The molecule has 18 heavy (non-hydrogen) atoms. The number of rotatable bonds is 3. The van der Waals surface area contributed by atoms with E-state index in [9.17, 15) is 17.4 Å². The molecule has 0 heterocycles. The SMILES string of the molecule is N=C(C(F)S(=O)(=O)[O-])C12CC3CC(CC(C3)C1)C2. The predicted octanol–water partition coefficient (Wildman–Crippen LogP) is 2.06. The molecule has 0 amide bonds. The Morgan fingerprint density at radius 3 is 1.89 bits per heavy atom. The summed E-state index contributed by atoms with van der Waals surface area (Å²) in [5.41, 5.74) is -3.74. The predicted molar refractivity (Wildman–Crippen MR) is 62.9 cm³/mol. The van der Waals surface area contributed by atoms with Crippen LogP contribution in [0.5, 0.6) is 0 Å². The summed E-state index contributed by atoms with van der Waals surface area (Å²) in [5.74, 6) is 1.49. The molecule has 4 fully saturated rings. The van der Waals surface area contributed by atoms with E-state index >= 15 is 0 Å². The molecule has 4 aliphatic carbocycles. The molecule has 0 aromatic heterocycles. The summed E-state index contributed by atoms with van der Waals surface area (Å²) in [7, 11) is -5.04. The van der Waals surface area contributed by atoms with E-state index in [1.807, 2.05) is 0 Å². The van der Waals surface area contributed by atoms with Crippen LogP contribution in [0.1, 0.15) is 38.5 Å². The zero-order valence-electron chi connectivity index (χ0n) is 10.1. The summed E-state index contributed by atoms with van der Waals surface area (Å²) < 4.78 is 46.1. The lowest BCUT2D eigenvalue weighted by molar-refractivity contribution is -0.0148. The Morgan fingerprint density at radius 2 is 1.56 bits per heavy atom. The van der Waals surface area contributed by atoms with Gasteiger partial charge in [-0.25, -0.2) is 12.8 Å². The maximum absolute atomic E-state index is 13.7. The summed E-state index contributed by atoms with van der Waals surface area (Å²) in [6.45, 7) is 0. The summed E-state index contributed by atoms with van der Waals surface area (Å²) in [5, 5.41) is 7.87. The largest absolute Gasteiger partial charge is 0.745 e. The second kappa shape index (κ2) is 3.76. The van der Waals surface area contributed by atoms with Crippen LogP contribution in [0.3, 0.4) is 0 Å². The normalized spacial score (nSPS) is 44.0. The van der Waals surface area contributed by atoms with Crippen LogP contribution in [0, 0.1) is 28.6 Å². The van der Waals surface area contributed by atoms with Crippen LogP contribution in [0.4, 0.5) is 4.39 Å². The summed E-state index contributed by atoms with van der Waals surface area (Å²) in [6, 6.07) is 0. The number of halogens is 1. The van der Waals surface area contributed by atoms with Gasteiger partial charge in [-0.2, -0.15) is 0 Å². The van der Waals surface area contributed by atoms with Crippen LogP contribution in [0.15, 0.2) is 0 Å². The molecule has 4 bridgehead atoms. The van der Waals surface area contributed by atoms with Crippen LogP contribution < -0.4 is 0 Å². The molecule has 0 aromatic rings. The smallest absolute Gasteiger partial charge is 0.226 e. The Hall–Kier alpha value is -0.490. The molecule has 1 atom stereocenters. The van der Waals surface area contributed by atoms with Crippen LogP contribution in [0.25, 0.3) is 0 Å². The molecular formula is C12H17FNO3S-. The Balaban J connectivity index is 1.90. The third-order valence-electron chi connectivity index (χ3n) is 5.09. The van der Waals surface area contributed by atoms with Crippen molar-refractivity contribution >= 4 is 15.8 Å². The van der Waals surface area contributed by atoms with Gasteiger partial charge in [-0.05, 0) is 56.3 Å². The molecule has 6 heteroatoms. The van der Waals surface area contributed by atoms with E-state index < -0.39 is 26.7 Å². The molecule has 1 unspecified atom stereocenters. The first-order chi connectivity index (χ1) is 8.30. The van der Waals surface area contributed by atoms with Gasteiger partial charge in [0.15, 0.2) is 0 Å². The zero-order valence-corrected chi connectivity index (χ0v) is 10.9. The van der Waals surface area contributed by atoms with Gasteiger partial charge in [0, 0.05) is 5.41 Å². The third-order valence-corrected chi connectivity index (χ3v) is 5.83. The second-order valence-electron chi connectivity index (χ2n) is 6.42. The van der Waals surface area contributed by atoms with Gasteiger partial charge >= 0.3 is 0 Å². The van der Waals surface area contributed by atoms with E-state index in [0.29, 0.717) is 37.0 Å². The van der Waals surface area contributed by atoms with Gasteiger partial charge in [-0.15, -0.1) is 0 Å². The lowest BCUT2D eigenvalue weighted by Crippen LogP contribution is -2.52. The molecule has 0 aromatic carbocycles.